The van der Waals surface area contributed by atoms with E-state index in [0.29, 0.717) is 12.5 Å². The molecule has 0 radical (unpaired) electrons. The molecule has 0 bridgehead atoms. The molecule has 66 valence electrons. The van der Waals surface area contributed by atoms with Crippen LogP contribution in [-0.4, -0.2) is 16.9 Å². The lowest BCUT2D eigenvalue weighted by atomic mass is 10.3. The van der Waals surface area contributed by atoms with E-state index in [1.165, 1.54) is 0 Å². The van der Waals surface area contributed by atoms with Gasteiger partial charge in [0.1, 0.15) is 12.5 Å². The Labute approximate surface area is 71.6 Å². The van der Waals surface area contributed by atoms with Gasteiger partial charge in [0.25, 0.3) is 0 Å². The van der Waals surface area contributed by atoms with Gasteiger partial charge < -0.3 is 10.5 Å². The van der Waals surface area contributed by atoms with Gasteiger partial charge >= 0.3 is 0 Å². The number of nitrogens with two attached hydrogens (primary N) is 1. The van der Waals surface area contributed by atoms with Gasteiger partial charge in [0.05, 0.1) is 0 Å². The quantitative estimate of drug-likeness (QED) is 0.675. The minimum atomic E-state index is 0.431. The first-order chi connectivity index (χ1) is 5.77. The van der Waals surface area contributed by atoms with E-state index in [-0.39, 0.29) is 0 Å². The van der Waals surface area contributed by atoms with Gasteiger partial charge in [0, 0.05) is 25.3 Å². The van der Waals surface area contributed by atoms with Gasteiger partial charge in [-0.1, -0.05) is 6.08 Å². The third-order valence-electron chi connectivity index (χ3n) is 1.49. The molecular formula is C8H13N3O. The van der Waals surface area contributed by atoms with Crippen LogP contribution in [0.15, 0.2) is 18.7 Å². The standard InChI is InChI=1S/C8H13N3O/c1-3-4-7-5-8(9)10-11(7)6-12-2/h3,5H,1,4,6H2,2H3,(H2,9,10). The second-order valence-electron chi connectivity index (χ2n) is 2.47. The van der Waals surface area contributed by atoms with Crippen molar-refractivity contribution in [1.82, 2.24) is 9.78 Å². The summed E-state index contributed by atoms with van der Waals surface area (Å²) >= 11 is 0. The van der Waals surface area contributed by atoms with Crippen LogP contribution < -0.4 is 5.73 Å². The molecule has 0 saturated heterocycles. The average molecular weight is 167 g/mol. The van der Waals surface area contributed by atoms with Crippen molar-refractivity contribution in [3.8, 4) is 0 Å². The van der Waals surface area contributed by atoms with E-state index in [4.69, 9.17) is 10.5 Å². The fourth-order valence-electron chi connectivity index (χ4n) is 1.02. The number of anilines is 1. The summed E-state index contributed by atoms with van der Waals surface area (Å²) in [6.07, 6.45) is 2.57. The highest BCUT2D eigenvalue weighted by atomic mass is 16.5. The summed E-state index contributed by atoms with van der Waals surface area (Å²) in [6.45, 7) is 4.07. The number of aromatic nitrogens is 2. The molecule has 0 unspecified atom stereocenters. The van der Waals surface area contributed by atoms with Crippen LogP contribution in [0.4, 0.5) is 5.82 Å². The van der Waals surface area contributed by atoms with E-state index >= 15 is 0 Å². The van der Waals surface area contributed by atoms with E-state index in [2.05, 4.69) is 11.7 Å². The lowest BCUT2D eigenvalue weighted by molar-refractivity contribution is 0.118. The number of ether oxygens (including phenoxy) is 1. The van der Waals surface area contributed by atoms with Gasteiger partial charge in [-0.2, -0.15) is 5.10 Å². The van der Waals surface area contributed by atoms with Gasteiger partial charge in [-0.05, 0) is 0 Å². The molecular weight excluding hydrogens is 154 g/mol. The highest BCUT2D eigenvalue weighted by Crippen LogP contribution is 2.06. The molecule has 0 fully saturated rings. The number of allylic oxidation sites excluding steroid dienone is 1. The maximum absolute atomic E-state index is 5.52. The second-order valence-corrected chi connectivity index (χ2v) is 2.47. The minimum Gasteiger partial charge on any atom is -0.382 e. The Morgan fingerprint density at radius 2 is 2.58 bits per heavy atom. The Morgan fingerprint density at radius 1 is 1.83 bits per heavy atom. The summed E-state index contributed by atoms with van der Waals surface area (Å²) in [5.41, 5.74) is 6.54. The molecule has 0 aliphatic carbocycles. The van der Waals surface area contributed by atoms with Crippen LogP contribution in [0.5, 0.6) is 0 Å². The van der Waals surface area contributed by atoms with E-state index in [1.807, 2.05) is 12.1 Å². The first-order valence-corrected chi connectivity index (χ1v) is 3.70. The maximum Gasteiger partial charge on any atom is 0.145 e. The minimum absolute atomic E-state index is 0.431. The molecule has 1 aromatic heterocycles. The molecule has 4 nitrogen and oxygen atoms in total. The Morgan fingerprint density at radius 3 is 3.17 bits per heavy atom. The molecule has 0 saturated carbocycles. The van der Waals surface area contributed by atoms with Crippen LogP contribution in [0.1, 0.15) is 5.69 Å². The molecule has 1 aromatic rings. The van der Waals surface area contributed by atoms with Crippen LogP contribution in [0.2, 0.25) is 0 Å². The zero-order chi connectivity index (χ0) is 8.97. The number of hydrogen-bond donors (Lipinski definition) is 1. The summed E-state index contributed by atoms with van der Waals surface area (Å²) in [6, 6.07) is 1.82. The van der Waals surface area contributed by atoms with Crippen LogP contribution in [0.25, 0.3) is 0 Å². The lowest BCUT2D eigenvalue weighted by Crippen LogP contribution is -2.06. The Bertz CT molecular complexity index is 267. The molecule has 1 heterocycles. The largest absolute Gasteiger partial charge is 0.382 e. The predicted octanol–water partition coefficient (Wildman–Crippen LogP) is 0.798. The number of nitrogen functional groups attached to an aromatic ring is 1. The maximum atomic E-state index is 5.52. The van der Waals surface area contributed by atoms with Crippen molar-refractivity contribution in [2.45, 2.75) is 13.2 Å². The monoisotopic (exact) mass is 167 g/mol. The smallest absolute Gasteiger partial charge is 0.145 e. The second kappa shape index (κ2) is 3.92. The van der Waals surface area contributed by atoms with Crippen LogP contribution >= 0.6 is 0 Å². The highest BCUT2D eigenvalue weighted by Gasteiger charge is 2.02. The Kier molecular flexibility index (Phi) is 2.88. The fourth-order valence-corrected chi connectivity index (χ4v) is 1.02. The zero-order valence-electron chi connectivity index (χ0n) is 7.16. The average Bonchev–Trinajstić information content (AvgIpc) is 2.33. The number of rotatable bonds is 4. The van der Waals surface area contributed by atoms with E-state index in [0.717, 1.165) is 12.1 Å². The first-order valence-electron chi connectivity index (χ1n) is 3.70. The molecule has 0 aliphatic rings. The molecule has 12 heavy (non-hydrogen) atoms. The number of nitrogens with zero attached hydrogens (tertiary/aromatic N) is 2. The Balaban J connectivity index is 2.83. The zero-order valence-corrected chi connectivity index (χ0v) is 7.16. The van der Waals surface area contributed by atoms with Gasteiger partial charge in [0.2, 0.25) is 0 Å². The van der Waals surface area contributed by atoms with Crippen LogP contribution in [0.3, 0.4) is 0 Å². The van der Waals surface area contributed by atoms with E-state index in [1.54, 1.807) is 11.8 Å². The molecule has 0 amide bonds. The van der Waals surface area contributed by atoms with Crippen LogP contribution in [0, 0.1) is 0 Å². The van der Waals surface area contributed by atoms with E-state index in [9.17, 15) is 0 Å². The van der Waals surface area contributed by atoms with Crippen molar-refractivity contribution >= 4 is 5.82 Å². The molecule has 0 aliphatic heterocycles. The lowest BCUT2D eigenvalue weighted by Gasteiger charge is -2.02. The van der Waals surface area contributed by atoms with Crippen molar-refractivity contribution in [3.63, 3.8) is 0 Å². The van der Waals surface area contributed by atoms with Crippen molar-refractivity contribution < 1.29 is 4.74 Å². The summed E-state index contributed by atoms with van der Waals surface area (Å²) in [5.74, 6) is 0.518. The van der Waals surface area contributed by atoms with Gasteiger partial charge in [-0.3, -0.25) is 0 Å². The summed E-state index contributed by atoms with van der Waals surface area (Å²) in [4.78, 5) is 0. The highest BCUT2D eigenvalue weighted by molar-refractivity contribution is 5.30. The molecule has 0 aromatic carbocycles. The number of methoxy groups -OCH3 is 1. The van der Waals surface area contributed by atoms with Gasteiger partial charge in [-0.25, -0.2) is 4.68 Å². The molecule has 0 spiro atoms. The molecule has 4 heteroatoms. The summed E-state index contributed by atoms with van der Waals surface area (Å²) in [7, 11) is 1.62. The van der Waals surface area contributed by atoms with Crippen molar-refractivity contribution in [2.24, 2.45) is 0 Å². The molecule has 0 atom stereocenters. The summed E-state index contributed by atoms with van der Waals surface area (Å²) in [5, 5.41) is 4.04. The normalized spacial score (nSPS) is 10.1. The predicted molar refractivity (Wildman–Crippen MR) is 47.5 cm³/mol. The first kappa shape index (κ1) is 8.80. The molecule has 2 N–H and O–H groups in total. The van der Waals surface area contributed by atoms with E-state index < -0.39 is 0 Å². The fraction of sp³-hybridized carbons (Fsp3) is 0.375. The number of hydrogen-bond acceptors (Lipinski definition) is 3. The van der Waals surface area contributed by atoms with Crippen molar-refractivity contribution in [1.29, 1.82) is 0 Å². The topological polar surface area (TPSA) is 53.1 Å². The third-order valence-corrected chi connectivity index (χ3v) is 1.49. The molecule has 1 rings (SSSR count). The van der Waals surface area contributed by atoms with Gasteiger partial charge in [-0.15, -0.1) is 6.58 Å². The van der Waals surface area contributed by atoms with Crippen LogP contribution in [-0.2, 0) is 17.9 Å². The SMILES string of the molecule is C=CCc1cc(N)nn1COC. The van der Waals surface area contributed by atoms with Crippen molar-refractivity contribution in [2.75, 3.05) is 12.8 Å². The third kappa shape index (κ3) is 1.85. The summed E-state index contributed by atoms with van der Waals surface area (Å²) < 4.78 is 6.66. The van der Waals surface area contributed by atoms with Crippen molar-refractivity contribution in [3.05, 3.63) is 24.4 Å². The Hall–Kier alpha value is -1.29. The van der Waals surface area contributed by atoms with Gasteiger partial charge in [0.15, 0.2) is 0 Å².